The van der Waals surface area contributed by atoms with Crippen molar-refractivity contribution in [3.05, 3.63) is 28.2 Å². The first-order chi connectivity index (χ1) is 9.61. The fraction of sp³-hybridized carbons (Fsp3) is 0.429. The number of nitrogens with one attached hydrogen (secondary N) is 1. The van der Waals surface area contributed by atoms with Gasteiger partial charge in [0.15, 0.2) is 0 Å². The van der Waals surface area contributed by atoms with Crippen LogP contribution in [0, 0.1) is 0 Å². The molecule has 2 rings (SSSR count). The van der Waals surface area contributed by atoms with Crippen molar-refractivity contribution in [1.29, 1.82) is 0 Å². The van der Waals surface area contributed by atoms with Gasteiger partial charge in [-0.25, -0.2) is 5.43 Å². The summed E-state index contributed by atoms with van der Waals surface area (Å²) in [6.07, 6.45) is 1.81. The van der Waals surface area contributed by atoms with Gasteiger partial charge in [-0.2, -0.15) is 5.10 Å². The fourth-order valence-electron chi connectivity index (χ4n) is 2.05. The normalized spacial score (nSPS) is 19.1. The number of ether oxygens (including phenoxy) is 1. The Hall–Kier alpha value is -1.40. The Morgan fingerprint density at radius 3 is 3.05 bits per heavy atom. The molecular weight excluding hydrogens is 324 g/mol. The van der Waals surface area contributed by atoms with Gasteiger partial charge < -0.3 is 9.84 Å². The summed E-state index contributed by atoms with van der Waals surface area (Å²) in [5, 5.41) is 14.0. The van der Waals surface area contributed by atoms with Crippen LogP contribution in [0.15, 0.2) is 27.8 Å². The minimum Gasteiger partial charge on any atom is -0.507 e. The van der Waals surface area contributed by atoms with E-state index in [9.17, 15) is 9.90 Å². The number of phenols is 1. The number of hydrogen-bond donors (Lipinski definition) is 2. The fourth-order valence-corrected chi connectivity index (χ4v) is 2.41. The summed E-state index contributed by atoms with van der Waals surface area (Å²) < 4.78 is 6.14. The number of carbonyl (C=O) groups is 1. The number of halogens is 1. The van der Waals surface area contributed by atoms with Crippen LogP contribution in [0.5, 0.6) is 5.75 Å². The summed E-state index contributed by atoms with van der Waals surface area (Å²) in [5.41, 5.74) is 3.74. The van der Waals surface area contributed by atoms with Gasteiger partial charge in [0.05, 0.1) is 5.71 Å². The predicted octanol–water partition coefficient (Wildman–Crippen LogP) is 2.56. The Balaban J connectivity index is 2.12. The molecule has 0 spiro atoms. The molecule has 1 saturated heterocycles. The van der Waals surface area contributed by atoms with Crippen molar-refractivity contribution in [3.63, 3.8) is 0 Å². The summed E-state index contributed by atoms with van der Waals surface area (Å²) in [6, 6.07) is 5.11. The molecule has 0 aliphatic carbocycles. The number of carbonyl (C=O) groups excluding carboxylic acids is 1. The lowest BCUT2D eigenvalue weighted by atomic mass is 10.1. The zero-order valence-corrected chi connectivity index (χ0v) is 12.8. The molecule has 1 unspecified atom stereocenters. The number of hydrogen-bond acceptors (Lipinski definition) is 4. The highest BCUT2D eigenvalue weighted by Gasteiger charge is 2.23. The highest BCUT2D eigenvalue weighted by Crippen LogP contribution is 2.23. The second-order valence-electron chi connectivity index (χ2n) is 4.55. The van der Waals surface area contributed by atoms with E-state index in [1.807, 2.05) is 6.92 Å². The van der Waals surface area contributed by atoms with Gasteiger partial charge in [-0.05, 0) is 37.5 Å². The molecule has 0 saturated carbocycles. The third-order valence-corrected chi connectivity index (χ3v) is 3.62. The molecule has 5 nitrogen and oxygen atoms in total. The van der Waals surface area contributed by atoms with Crippen LogP contribution in [-0.2, 0) is 9.53 Å². The summed E-state index contributed by atoms with van der Waals surface area (Å²) in [6.45, 7) is 2.53. The van der Waals surface area contributed by atoms with Crippen LogP contribution in [-0.4, -0.2) is 29.4 Å². The number of rotatable bonds is 4. The number of aromatic hydroxyl groups is 1. The minimum atomic E-state index is -0.409. The van der Waals surface area contributed by atoms with E-state index in [-0.39, 0.29) is 11.7 Å². The minimum absolute atomic E-state index is 0.139. The molecule has 20 heavy (non-hydrogen) atoms. The van der Waals surface area contributed by atoms with Crippen LogP contribution >= 0.6 is 15.9 Å². The van der Waals surface area contributed by atoms with Gasteiger partial charge in [-0.1, -0.05) is 22.9 Å². The van der Waals surface area contributed by atoms with Crippen molar-refractivity contribution >= 4 is 27.5 Å². The zero-order valence-electron chi connectivity index (χ0n) is 11.2. The van der Waals surface area contributed by atoms with Crippen LogP contribution in [0.3, 0.4) is 0 Å². The van der Waals surface area contributed by atoms with Crippen molar-refractivity contribution in [1.82, 2.24) is 5.43 Å². The van der Waals surface area contributed by atoms with Gasteiger partial charge >= 0.3 is 0 Å². The number of benzene rings is 1. The second-order valence-corrected chi connectivity index (χ2v) is 5.47. The number of phenolic OH excluding ortho intramolecular Hbond substituents is 1. The van der Waals surface area contributed by atoms with Crippen LogP contribution in [0.2, 0.25) is 0 Å². The molecule has 1 atom stereocenters. The lowest BCUT2D eigenvalue weighted by Crippen LogP contribution is -2.31. The first kappa shape index (κ1) is 15.0. The van der Waals surface area contributed by atoms with E-state index in [4.69, 9.17) is 4.74 Å². The van der Waals surface area contributed by atoms with E-state index in [1.54, 1.807) is 18.2 Å². The van der Waals surface area contributed by atoms with E-state index >= 15 is 0 Å². The SMILES string of the molecule is CCC(=NNC(=O)C1CCCO1)c1cc(Br)ccc1O. The van der Waals surface area contributed by atoms with Crippen molar-refractivity contribution in [2.24, 2.45) is 5.10 Å². The molecule has 1 aromatic carbocycles. The molecule has 6 heteroatoms. The molecule has 1 fully saturated rings. The number of nitrogens with zero attached hydrogens (tertiary/aromatic N) is 1. The van der Waals surface area contributed by atoms with Gasteiger partial charge in [0.2, 0.25) is 0 Å². The topological polar surface area (TPSA) is 70.9 Å². The van der Waals surface area contributed by atoms with Crippen LogP contribution in [0.4, 0.5) is 0 Å². The third kappa shape index (κ3) is 3.58. The Bertz CT molecular complexity index is 525. The van der Waals surface area contributed by atoms with Crippen molar-refractivity contribution in [2.75, 3.05) is 6.61 Å². The average Bonchev–Trinajstić information content (AvgIpc) is 2.97. The molecule has 1 aromatic rings. The van der Waals surface area contributed by atoms with Gasteiger partial charge in [0, 0.05) is 16.6 Å². The van der Waals surface area contributed by atoms with Crippen molar-refractivity contribution < 1.29 is 14.6 Å². The smallest absolute Gasteiger partial charge is 0.269 e. The third-order valence-electron chi connectivity index (χ3n) is 3.13. The first-order valence-electron chi connectivity index (χ1n) is 6.58. The Morgan fingerprint density at radius 2 is 2.40 bits per heavy atom. The van der Waals surface area contributed by atoms with Crippen LogP contribution < -0.4 is 5.43 Å². The van der Waals surface area contributed by atoms with E-state index in [0.29, 0.717) is 24.3 Å². The summed E-state index contributed by atoms with van der Waals surface area (Å²) >= 11 is 3.35. The van der Waals surface area contributed by atoms with Gasteiger partial charge in [0.25, 0.3) is 5.91 Å². The Morgan fingerprint density at radius 1 is 1.60 bits per heavy atom. The Labute approximate surface area is 126 Å². The molecule has 0 radical (unpaired) electrons. The van der Waals surface area contributed by atoms with Crippen molar-refractivity contribution in [3.8, 4) is 5.75 Å². The molecule has 0 aromatic heterocycles. The Kier molecular flexibility index (Phi) is 5.14. The first-order valence-corrected chi connectivity index (χ1v) is 7.38. The zero-order chi connectivity index (χ0) is 14.5. The number of amides is 1. The lowest BCUT2D eigenvalue weighted by molar-refractivity contribution is -0.130. The molecule has 2 N–H and O–H groups in total. The van der Waals surface area contributed by atoms with Crippen LogP contribution in [0.25, 0.3) is 0 Å². The van der Waals surface area contributed by atoms with E-state index in [0.717, 1.165) is 17.3 Å². The van der Waals surface area contributed by atoms with Gasteiger partial charge in [-0.3, -0.25) is 4.79 Å². The summed E-state index contributed by atoms with van der Waals surface area (Å²) in [7, 11) is 0. The predicted molar refractivity (Wildman–Crippen MR) is 79.8 cm³/mol. The van der Waals surface area contributed by atoms with Gasteiger partial charge in [-0.15, -0.1) is 0 Å². The van der Waals surface area contributed by atoms with Crippen molar-refractivity contribution in [2.45, 2.75) is 32.3 Å². The van der Waals surface area contributed by atoms with E-state index in [1.165, 1.54) is 0 Å². The molecule has 0 bridgehead atoms. The molecule has 108 valence electrons. The maximum Gasteiger partial charge on any atom is 0.269 e. The monoisotopic (exact) mass is 340 g/mol. The van der Waals surface area contributed by atoms with Crippen LogP contribution in [0.1, 0.15) is 31.7 Å². The second kappa shape index (κ2) is 6.85. The highest BCUT2D eigenvalue weighted by atomic mass is 79.9. The highest BCUT2D eigenvalue weighted by molar-refractivity contribution is 9.10. The quantitative estimate of drug-likeness (QED) is 0.653. The van der Waals surface area contributed by atoms with Gasteiger partial charge in [0.1, 0.15) is 11.9 Å². The largest absolute Gasteiger partial charge is 0.507 e. The standard InChI is InChI=1S/C14H17BrN2O3/c1-2-11(10-8-9(15)5-6-12(10)18)16-17-14(19)13-4-3-7-20-13/h5-6,8,13,18H,2-4,7H2,1H3,(H,17,19). The molecule has 1 heterocycles. The molecule has 1 aliphatic rings. The summed E-state index contributed by atoms with van der Waals surface area (Å²) in [5.74, 6) is -0.0944. The lowest BCUT2D eigenvalue weighted by Gasteiger charge is -2.10. The average molecular weight is 341 g/mol. The molecule has 1 aliphatic heterocycles. The maximum atomic E-state index is 11.8. The maximum absolute atomic E-state index is 11.8. The summed E-state index contributed by atoms with van der Waals surface area (Å²) in [4.78, 5) is 11.8. The van der Waals surface area contributed by atoms with E-state index < -0.39 is 6.10 Å². The molecule has 1 amide bonds. The molecular formula is C14H17BrN2O3. The van der Waals surface area contributed by atoms with E-state index in [2.05, 4.69) is 26.5 Å². The number of hydrazone groups is 1.